The fraction of sp³-hybridized carbons (Fsp3) is 0.0769. The van der Waals surface area contributed by atoms with Crippen LogP contribution in [-0.2, 0) is 6.18 Å². The Hall–Kier alpha value is -3.26. The van der Waals surface area contributed by atoms with Gasteiger partial charge in [0.15, 0.2) is 0 Å². The predicted octanol–water partition coefficient (Wildman–Crippen LogP) is 5.35. The maximum Gasteiger partial charge on any atom is 0.416 e. The van der Waals surface area contributed by atoms with E-state index in [1.54, 1.807) is 0 Å². The number of nitro benzene ring substituents is 1. The second-order valence-corrected chi connectivity index (χ2v) is 4.26. The van der Waals surface area contributed by atoms with Crippen LogP contribution in [0, 0.1) is 10.1 Å². The molecule has 7 nitrogen and oxygen atoms in total. The Morgan fingerprint density at radius 3 is 2.52 bits per heavy atom. The number of hydrogen-bond donors (Lipinski definition) is 0. The molecule has 0 aromatic heterocycles. The van der Waals surface area contributed by atoms with Gasteiger partial charge < -0.3 is 4.74 Å². The van der Waals surface area contributed by atoms with Gasteiger partial charge >= 0.3 is 6.18 Å². The average Bonchev–Trinajstić information content (AvgIpc) is 2.46. The molecule has 118 valence electrons. The number of nitrogens with zero attached hydrogens (tertiary/aromatic N) is 4. The monoisotopic (exact) mass is 324 g/mol. The van der Waals surface area contributed by atoms with Crippen molar-refractivity contribution in [1.29, 1.82) is 0 Å². The van der Waals surface area contributed by atoms with Gasteiger partial charge in [0.05, 0.1) is 16.6 Å². The van der Waals surface area contributed by atoms with Crippen molar-refractivity contribution in [2.75, 3.05) is 0 Å². The zero-order valence-corrected chi connectivity index (χ0v) is 11.2. The third-order valence-corrected chi connectivity index (χ3v) is 2.64. The van der Waals surface area contributed by atoms with Gasteiger partial charge in [0.1, 0.15) is 11.5 Å². The first kappa shape index (κ1) is 16.1. The van der Waals surface area contributed by atoms with Gasteiger partial charge in [-0.05, 0) is 29.8 Å². The molecular formula is C13H7F3N4O3. The second-order valence-electron chi connectivity index (χ2n) is 4.26. The highest BCUT2D eigenvalue weighted by Crippen LogP contribution is 2.34. The third-order valence-electron chi connectivity index (χ3n) is 2.64. The van der Waals surface area contributed by atoms with Gasteiger partial charge in [0, 0.05) is 16.7 Å². The lowest BCUT2D eigenvalue weighted by molar-refractivity contribution is -0.384. The van der Waals surface area contributed by atoms with E-state index in [1.165, 1.54) is 12.1 Å². The van der Waals surface area contributed by atoms with Gasteiger partial charge in [-0.25, -0.2) is 0 Å². The van der Waals surface area contributed by atoms with Crippen molar-refractivity contribution < 1.29 is 22.8 Å². The average molecular weight is 324 g/mol. The number of ether oxygens (including phenoxy) is 1. The standard InChI is InChI=1S/C13H7F3N4O3/c14-13(15,16)8-2-1-3-11(4-8)23-12-6-9(18-19-17)5-10(7-12)20(21)22/h1-7H. The lowest BCUT2D eigenvalue weighted by Crippen LogP contribution is -2.04. The first-order valence-corrected chi connectivity index (χ1v) is 5.99. The summed E-state index contributed by atoms with van der Waals surface area (Å²) in [6.07, 6.45) is -4.54. The molecule has 0 bridgehead atoms. The third kappa shape index (κ3) is 4.11. The molecule has 0 saturated heterocycles. The van der Waals surface area contributed by atoms with Crippen molar-refractivity contribution in [3.8, 4) is 11.5 Å². The quantitative estimate of drug-likeness (QED) is 0.249. The smallest absolute Gasteiger partial charge is 0.416 e. The number of alkyl halides is 3. The minimum Gasteiger partial charge on any atom is -0.457 e. The van der Waals surface area contributed by atoms with Crippen molar-refractivity contribution in [3.05, 3.63) is 68.6 Å². The molecule has 0 amide bonds. The van der Waals surface area contributed by atoms with Crippen molar-refractivity contribution in [2.24, 2.45) is 5.11 Å². The molecule has 0 radical (unpaired) electrons. The van der Waals surface area contributed by atoms with Gasteiger partial charge in [-0.2, -0.15) is 13.2 Å². The Bertz CT molecular complexity index is 781. The molecule has 0 aliphatic carbocycles. The van der Waals surface area contributed by atoms with Gasteiger partial charge in [0.2, 0.25) is 0 Å². The lowest BCUT2D eigenvalue weighted by Gasteiger charge is -2.10. The van der Waals surface area contributed by atoms with Crippen molar-refractivity contribution in [1.82, 2.24) is 0 Å². The minimum atomic E-state index is -4.54. The Labute approximate surface area is 126 Å². The first-order chi connectivity index (χ1) is 10.8. The molecule has 0 aliphatic rings. The number of nitro groups is 1. The van der Waals surface area contributed by atoms with Crippen LogP contribution in [0.2, 0.25) is 0 Å². The van der Waals surface area contributed by atoms with Crippen LogP contribution in [0.4, 0.5) is 24.5 Å². The SMILES string of the molecule is [N-]=[N+]=Nc1cc(Oc2cccc(C(F)(F)F)c2)cc([N+](=O)[O-])c1. The van der Waals surface area contributed by atoms with Crippen LogP contribution in [0.15, 0.2) is 47.6 Å². The van der Waals surface area contributed by atoms with Crippen LogP contribution in [0.25, 0.3) is 10.4 Å². The van der Waals surface area contributed by atoms with E-state index >= 15 is 0 Å². The summed E-state index contributed by atoms with van der Waals surface area (Å²) in [7, 11) is 0. The van der Waals surface area contributed by atoms with E-state index in [0.29, 0.717) is 0 Å². The molecule has 0 N–H and O–H groups in total. The number of rotatable bonds is 4. The van der Waals surface area contributed by atoms with Gasteiger partial charge in [-0.3, -0.25) is 10.1 Å². The molecule has 0 aliphatic heterocycles. The Morgan fingerprint density at radius 2 is 1.91 bits per heavy atom. The predicted molar refractivity (Wildman–Crippen MR) is 73.4 cm³/mol. The first-order valence-electron chi connectivity index (χ1n) is 5.99. The molecular weight excluding hydrogens is 317 g/mol. The molecule has 2 aromatic rings. The molecule has 0 saturated carbocycles. The Balaban J connectivity index is 2.40. The maximum atomic E-state index is 12.6. The van der Waals surface area contributed by atoms with E-state index in [9.17, 15) is 23.3 Å². The number of halogens is 3. The van der Waals surface area contributed by atoms with Crippen molar-refractivity contribution in [2.45, 2.75) is 6.18 Å². The Kier molecular flexibility index (Phi) is 4.37. The summed E-state index contributed by atoms with van der Waals surface area (Å²) in [6.45, 7) is 0. The molecule has 10 heteroatoms. The zero-order chi connectivity index (χ0) is 17.0. The lowest BCUT2D eigenvalue weighted by atomic mass is 10.2. The van der Waals surface area contributed by atoms with Crippen LogP contribution in [0.1, 0.15) is 5.56 Å². The van der Waals surface area contributed by atoms with Crippen LogP contribution >= 0.6 is 0 Å². The maximum absolute atomic E-state index is 12.6. The summed E-state index contributed by atoms with van der Waals surface area (Å²) >= 11 is 0. The van der Waals surface area contributed by atoms with Crippen molar-refractivity contribution in [3.63, 3.8) is 0 Å². The van der Waals surface area contributed by atoms with Crippen LogP contribution < -0.4 is 4.74 Å². The molecule has 2 rings (SSSR count). The molecule has 23 heavy (non-hydrogen) atoms. The van der Waals surface area contributed by atoms with Crippen molar-refractivity contribution >= 4 is 11.4 Å². The molecule has 0 atom stereocenters. The van der Waals surface area contributed by atoms with Gasteiger partial charge in [0.25, 0.3) is 5.69 Å². The number of non-ortho nitro benzene ring substituents is 1. The van der Waals surface area contributed by atoms with Crippen LogP contribution in [-0.4, -0.2) is 4.92 Å². The summed E-state index contributed by atoms with van der Waals surface area (Å²) in [5, 5.41) is 14.0. The summed E-state index contributed by atoms with van der Waals surface area (Å²) in [5.74, 6) is -0.284. The summed E-state index contributed by atoms with van der Waals surface area (Å²) < 4.78 is 43.1. The highest BCUT2D eigenvalue weighted by Gasteiger charge is 2.30. The van der Waals surface area contributed by atoms with Gasteiger partial charge in [-0.15, -0.1) is 0 Å². The highest BCUT2D eigenvalue weighted by atomic mass is 19.4. The number of hydrogen-bond acceptors (Lipinski definition) is 4. The normalized spacial score (nSPS) is 10.7. The zero-order valence-electron chi connectivity index (χ0n) is 11.2. The fourth-order valence-corrected chi connectivity index (χ4v) is 1.71. The van der Waals surface area contributed by atoms with E-state index in [2.05, 4.69) is 10.0 Å². The number of azide groups is 1. The van der Waals surface area contributed by atoms with E-state index < -0.39 is 22.4 Å². The summed E-state index contributed by atoms with van der Waals surface area (Å²) in [6, 6.07) is 7.23. The molecule has 2 aromatic carbocycles. The van der Waals surface area contributed by atoms with E-state index in [1.807, 2.05) is 0 Å². The molecule has 0 heterocycles. The van der Waals surface area contributed by atoms with Gasteiger partial charge in [-0.1, -0.05) is 11.2 Å². The summed E-state index contributed by atoms with van der Waals surface area (Å²) in [4.78, 5) is 12.6. The molecule has 0 spiro atoms. The topological polar surface area (TPSA) is 101 Å². The van der Waals surface area contributed by atoms with E-state index in [4.69, 9.17) is 10.3 Å². The fourth-order valence-electron chi connectivity index (χ4n) is 1.71. The van der Waals surface area contributed by atoms with E-state index in [0.717, 1.165) is 30.3 Å². The molecule has 0 unspecified atom stereocenters. The second kappa shape index (κ2) is 6.24. The largest absolute Gasteiger partial charge is 0.457 e. The van der Waals surface area contributed by atoms with Crippen LogP contribution in [0.5, 0.6) is 11.5 Å². The highest BCUT2D eigenvalue weighted by molar-refractivity contribution is 5.54. The van der Waals surface area contributed by atoms with Crippen LogP contribution in [0.3, 0.4) is 0 Å². The van der Waals surface area contributed by atoms with E-state index in [-0.39, 0.29) is 17.2 Å². The molecule has 0 fully saturated rings. The summed E-state index contributed by atoms with van der Waals surface area (Å²) in [5.41, 5.74) is 6.94. The minimum absolute atomic E-state index is 0.0938. The Morgan fingerprint density at radius 1 is 1.17 bits per heavy atom. The number of benzene rings is 2.